The van der Waals surface area contributed by atoms with Crippen LogP contribution in [0.4, 0.5) is 4.79 Å². The van der Waals surface area contributed by atoms with E-state index in [-0.39, 0.29) is 24.0 Å². The van der Waals surface area contributed by atoms with Crippen LogP contribution in [0, 0.1) is 19.8 Å². The van der Waals surface area contributed by atoms with E-state index in [1.807, 2.05) is 0 Å². The number of H-pyrrole nitrogens is 1. The molecular weight excluding hydrogens is 346 g/mol. The zero-order valence-electron chi connectivity index (χ0n) is 16.6. The van der Waals surface area contributed by atoms with Crippen molar-refractivity contribution < 1.29 is 19.2 Å². The highest BCUT2D eigenvalue weighted by atomic mass is 16.2. The van der Waals surface area contributed by atoms with Gasteiger partial charge >= 0.3 is 6.03 Å². The molecule has 0 bridgehead atoms. The van der Waals surface area contributed by atoms with Crippen molar-refractivity contribution in [1.82, 2.24) is 14.8 Å². The summed E-state index contributed by atoms with van der Waals surface area (Å²) in [6.07, 6.45) is 3.05. The fourth-order valence-electron chi connectivity index (χ4n) is 4.55. The molecule has 1 aromatic rings. The van der Waals surface area contributed by atoms with Gasteiger partial charge in [0.1, 0.15) is 5.54 Å². The highest BCUT2D eigenvalue weighted by Gasteiger charge is 2.56. The van der Waals surface area contributed by atoms with E-state index in [4.69, 9.17) is 0 Å². The Labute approximate surface area is 159 Å². The van der Waals surface area contributed by atoms with Crippen LogP contribution in [0.5, 0.6) is 0 Å². The highest BCUT2D eigenvalue weighted by molar-refractivity contribution is 6.11. The maximum Gasteiger partial charge on any atom is 0.327 e. The van der Waals surface area contributed by atoms with E-state index in [0.29, 0.717) is 41.3 Å². The number of rotatable bonds is 4. The zero-order valence-corrected chi connectivity index (χ0v) is 16.6. The van der Waals surface area contributed by atoms with Crippen molar-refractivity contribution in [2.45, 2.75) is 58.9 Å². The van der Waals surface area contributed by atoms with Gasteiger partial charge in [-0.05, 0) is 57.9 Å². The Morgan fingerprint density at radius 3 is 2.30 bits per heavy atom. The minimum absolute atomic E-state index is 0.122. The summed E-state index contributed by atoms with van der Waals surface area (Å²) < 4.78 is 0. The maximum absolute atomic E-state index is 13.1. The molecule has 1 aliphatic carbocycles. The molecule has 0 aromatic carbocycles. The van der Waals surface area contributed by atoms with Crippen LogP contribution in [-0.2, 0) is 4.79 Å². The first-order chi connectivity index (χ1) is 12.6. The molecule has 1 aromatic heterocycles. The number of Topliss-reactive ketones (excluding diaryl/α,β-unsaturated/α-hetero) is 2. The number of likely N-dealkylation sites (N-methyl/N-ethyl adjacent to an activating group) is 1. The van der Waals surface area contributed by atoms with Gasteiger partial charge in [0.25, 0.3) is 5.91 Å². The van der Waals surface area contributed by atoms with Gasteiger partial charge < -0.3 is 9.88 Å². The van der Waals surface area contributed by atoms with Gasteiger partial charge in [-0.1, -0.05) is 6.92 Å². The third kappa shape index (κ3) is 2.89. The standard InChI is InChI=1S/C20H27N3O4/c1-11-6-8-20(9-7-11)18(26)23(19(27)22(20)5)10-15(25)17-12(2)16(14(4)24)13(3)21-17/h11,21H,6-10H2,1-5H3. The molecule has 1 spiro atoms. The van der Waals surface area contributed by atoms with Gasteiger partial charge in [-0.3, -0.25) is 19.3 Å². The molecule has 3 rings (SSSR count). The number of imide groups is 1. The number of ketones is 2. The largest absolute Gasteiger partial charge is 0.355 e. The van der Waals surface area contributed by atoms with Gasteiger partial charge in [0.15, 0.2) is 11.6 Å². The summed E-state index contributed by atoms with van der Waals surface area (Å²) in [4.78, 5) is 56.0. The predicted octanol–water partition coefficient (Wildman–Crippen LogP) is 2.86. The van der Waals surface area contributed by atoms with Crippen LogP contribution < -0.4 is 0 Å². The molecule has 0 atom stereocenters. The monoisotopic (exact) mass is 373 g/mol. The van der Waals surface area contributed by atoms with Gasteiger partial charge in [-0.2, -0.15) is 0 Å². The van der Waals surface area contributed by atoms with Crippen LogP contribution in [0.15, 0.2) is 0 Å². The first-order valence-electron chi connectivity index (χ1n) is 9.43. The SMILES string of the molecule is CC(=O)c1c(C)[nH]c(C(=O)CN2C(=O)N(C)C3(CCC(C)CC3)C2=O)c1C. The molecule has 7 heteroatoms. The zero-order chi connectivity index (χ0) is 20.1. The molecule has 2 fully saturated rings. The average Bonchev–Trinajstić information content (AvgIpc) is 3.00. The van der Waals surface area contributed by atoms with Gasteiger partial charge in [-0.15, -0.1) is 0 Å². The first-order valence-corrected chi connectivity index (χ1v) is 9.43. The maximum atomic E-state index is 13.1. The summed E-state index contributed by atoms with van der Waals surface area (Å²) in [5, 5.41) is 0. The highest BCUT2D eigenvalue weighted by Crippen LogP contribution is 2.41. The van der Waals surface area contributed by atoms with Crippen molar-refractivity contribution in [3.63, 3.8) is 0 Å². The molecule has 3 amide bonds. The topological polar surface area (TPSA) is 90.6 Å². The second-order valence-electron chi connectivity index (χ2n) is 8.05. The average molecular weight is 373 g/mol. The lowest BCUT2D eigenvalue weighted by Crippen LogP contribution is -2.50. The van der Waals surface area contributed by atoms with Crippen LogP contribution in [-0.4, -0.2) is 57.4 Å². The smallest absolute Gasteiger partial charge is 0.327 e. The van der Waals surface area contributed by atoms with Crippen LogP contribution >= 0.6 is 0 Å². The van der Waals surface area contributed by atoms with Crippen LogP contribution in [0.3, 0.4) is 0 Å². The summed E-state index contributed by atoms with van der Waals surface area (Å²) >= 11 is 0. The number of aryl methyl sites for hydroxylation is 1. The van der Waals surface area contributed by atoms with Crippen molar-refractivity contribution in [1.29, 1.82) is 0 Å². The summed E-state index contributed by atoms with van der Waals surface area (Å²) in [6.45, 7) is 6.74. The fraction of sp³-hybridized carbons (Fsp3) is 0.600. The first kappa shape index (κ1) is 19.3. The molecule has 1 saturated carbocycles. The third-order valence-electron chi connectivity index (χ3n) is 6.27. The molecule has 2 heterocycles. The van der Waals surface area contributed by atoms with Gasteiger partial charge in [0.2, 0.25) is 0 Å². The van der Waals surface area contributed by atoms with Crippen molar-refractivity contribution in [2.24, 2.45) is 5.92 Å². The minimum atomic E-state index is -0.810. The van der Waals surface area contributed by atoms with E-state index in [9.17, 15) is 19.2 Å². The number of nitrogens with one attached hydrogen (secondary N) is 1. The van der Waals surface area contributed by atoms with Crippen LogP contribution in [0.2, 0.25) is 0 Å². The molecule has 1 saturated heterocycles. The predicted molar refractivity (Wildman–Crippen MR) is 99.8 cm³/mol. The number of aromatic amines is 1. The molecule has 1 N–H and O–H groups in total. The molecule has 7 nitrogen and oxygen atoms in total. The van der Waals surface area contributed by atoms with E-state index >= 15 is 0 Å². The second-order valence-corrected chi connectivity index (χ2v) is 8.05. The van der Waals surface area contributed by atoms with E-state index in [0.717, 1.165) is 17.7 Å². The van der Waals surface area contributed by atoms with Crippen molar-refractivity contribution >= 4 is 23.5 Å². The Morgan fingerprint density at radius 2 is 1.78 bits per heavy atom. The van der Waals surface area contributed by atoms with Gasteiger partial charge in [-0.25, -0.2) is 4.79 Å². The van der Waals surface area contributed by atoms with E-state index in [2.05, 4.69) is 11.9 Å². The Balaban J connectivity index is 1.85. The number of nitrogens with zero attached hydrogens (tertiary/aromatic N) is 2. The van der Waals surface area contributed by atoms with Crippen molar-refractivity contribution in [3.05, 3.63) is 22.5 Å². The number of urea groups is 1. The molecular formula is C20H27N3O4. The molecule has 146 valence electrons. The Morgan fingerprint density at radius 1 is 1.19 bits per heavy atom. The molecule has 0 radical (unpaired) electrons. The number of hydrogen-bond donors (Lipinski definition) is 1. The summed E-state index contributed by atoms with van der Waals surface area (Å²) in [6, 6.07) is -0.421. The third-order valence-corrected chi connectivity index (χ3v) is 6.27. The van der Waals surface area contributed by atoms with Crippen LogP contribution in [0.25, 0.3) is 0 Å². The molecule has 27 heavy (non-hydrogen) atoms. The van der Waals surface area contributed by atoms with E-state index in [1.165, 1.54) is 11.8 Å². The lowest BCUT2D eigenvalue weighted by atomic mass is 9.76. The summed E-state index contributed by atoms with van der Waals surface area (Å²) in [5.41, 5.74) is 1.16. The number of carbonyl (C=O) groups excluding carboxylic acids is 4. The fourth-order valence-corrected chi connectivity index (χ4v) is 4.55. The number of hydrogen-bond acceptors (Lipinski definition) is 4. The quantitative estimate of drug-likeness (QED) is 0.649. The van der Waals surface area contributed by atoms with Crippen LogP contribution in [0.1, 0.15) is 71.6 Å². The lowest BCUT2D eigenvalue weighted by Gasteiger charge is -2.38. The number of amides is 3. The second kappa shape index (κ2) is 6.62. The summed E-state index contributed by atoms with van der Waals surface area (Å²) in [5.74, 6) is -0.219. The molecule has 1 aliphatic heterocycles. The number of carbonyl (C=O) groups is 4. The van der Waals surface area contributed by atoms with Crippen molar-refractivity contribution in [2.75, 3.05) is 13.6 Å². The number of aromatic nitrogens is 1. The van der Waals surface area contributed by atoms with Crippen molar-refractivity contribution in [3.8, 4) is 0 Å². The van der Waals surface area contributed by atoms with E-state index < -0.39 is 11.6 Å². The normalized spacial score (nSPS) is 25.6. The Hall–Kier alpha value is -2.44. The molecule has 2 aliphatic rings. The Kier molecular flexibility index (Phi) is 4.74. The van der Waals surface area contributed by atoms with Gasteiger partial charge in [0.05, 0.1) is 12.2 Å². The minimum Gasteiger partial charge on any atom is -0.355 e. The van der Waals surface area contributed by atoms with E-state index in [1.54, 1.807) is 20.9 Å². The van der Waals surface area contributed by atoms with Gasteiger partial charge in [0, 0.05) is 18.3 Å². The lowest BCUT2D eigenvalue weighted by molar-refractivity contribution is -0.134. The Bertz CT molecular complexity index is 831. The summed E-state index contributed by atoms with van der Waals surface area (Å²) in [7, 11) is 1.65. The molecule has 0 unspecified atom stereocenters.